The highest BCUT2D eigenvalue weighted by Gasteiger charge is 2.12. The quantitative estimate of drug-likeness (QED) is 0.745. The first-order valence-electron chi connectivity index (χ1n) is 6.60. The van der Waals surface area contributed by atoms with Crippen molar-refractivity contribution in [3.05, 3.63) is 72.3 Å². The molecule has 0 radical (unpaired) electrons. The predicted octanol–water partition coefficient (Wildman–Crippen LogP) is 3.87. The Bertz CT molecular complexity index is 763. The molecule has 0 saturated carbocycles. The van der Waals surface area contributed by atoms with Crippen LogP contribution in [0.25, 0.3) is 21.9 Å². The molecule has 0 bridgehead atoms. The largest absolute Gasteiger partial charge is 0.355 e. The second kappa shape index (κ2) is 5.17. The number of rotatable bonds is 2. The summed E-state index contributed by atoms with van der Waals surface area (Å²) in [7, 11) is 1.66. The Morgan fingerprint density at radius 2 is 1.45 bits per heavy atom. The minimum atomic E-state index is -0.0605. The Labute approximate surface area is 118 Å². The predicted molar refractivity (Wildman–Crippen MR) is 82.8 cm³/mol. The number of fused-ring (bicyclic) bond motifs is 1. The Balaban J connectivity index is 2.30. The molecule has 3 rings (SSSR count). The molecule has 0 aliphatic rings. The number of hydrogen-bond acceptors (Lipinski definition) is 1. The molecule has 1 amide bonds. The zero-order chi connectivity index (χ0) is 13.9. The lowest BCUT2D eigenvalue weighted by Crippen LogP contribution is -2.18. The van der Waals surface area contributed by atoms with Crippen molar-refractivity contribution in [2.24, 2.45) is 0 Å². The molecule has 0 heterocycles. The Morgan fingerprint density at radius 1 is 0.850 bits per heavy atom. The van der Waals surface area contributed by atoms with Crippen molar-refractivity contribution >= 4 is 16.7 Å². The molecule has 98 valence electrons. The van der Waals surface area contributed by atoms with Gasteiger partial charge in [-0.3, -0.25) is 4.79 Å². The minimum absolute atomic E-state index is 0.0605. The van der Waals surface area contributed by atoms with Crippen LogP contribution in [-0.4, -0.2) is 13.0 Å². The summed E-state index contributed by atoms with van der Waals surface area (Å²) in [5, 5.41) is 4.93. The third kappa shape index (κ3) is 2.16. The van der Waals surface area contributed by atoms with Crippen LogP contribution >= 0.6 is 0 Å². The van der Waals surface area contributed by atoms with Gasteiger partial charge in [0.2, 0.25) is 0 Å². The van der Waals surface area contributed by atoms with E-state index in [1.807, 2.05) is 54.6 Å². The van der Waals surface area contributed by atoms with Gasteiger partial charge in [-0.2, -0.15) is 0 Å². The van der Waals surface area contributed by atoms with Crippen molar-refractivity contribution in [1.82, 2.24) is 5.32 Å². The Morgan fingerprint density at radius 3 is 2.10 bits per heavy atom. The summed E-state index contributed by atoms with van der Waals surface area (Å²) in [5.41, 5.74) is 2.72. The van der Waals surface area contributed by atoms with Crippen LogP contribution < -0.4 is 5.32 Å². The van der Waals surface area contributed by atoms with Gasteiger partial charge in [0.1, 0.15) is 0 Å². The van der Waals surface area contributed by atoms with Gasteiger partial charge < -0.3 is 5.32 Å². The fraction of sp³-hybridized carbons (Fsp3) is 0.0556. The number of amides is 1. The van der Waals surface area contributed by atoms with Crippen molar-refractivity contribution in [1.29, 1.82) is 0 Å². The molecule has 0 fully saturated rings. The lowest BCUT2D eigenvalue weighted by Gasteiger charge is -2.11. The molecule has 3 aromatic rings. The summed E-state index contributed by atoms with van der Waals surface area (Å²) in [6.07, 6.45) is 0. The fourth-order valence-electron chi connectivity index (χ4n) is 2.42. The first-order chi connectivity index (χ1) is 9.79. The summed E-state index contributed by atoms with van der Waals surface area (Å²) in [6, 6.07) is 22.1. The molecule has 0 aliphatic carbocycles. The normalized spacial score (nSPS) is 10.4. The molecule has 1 N–H and O–H groups in total. The molecule has 2 nitrogen and oxygen atoms in total. The number of carbonyl (C=O) groups is 1. The van der Waals surface area contributed by atoms with E-state index in [2.05, 4.69) is 17.4 Å². The van der Waals surface area contributed by atoms with Crippen LogP contribution in [0.2, 0.25) is 0 Å². The van der Waals surface area contributed by atoms with Gasteiger partial charge >= 0.3 is 0 Å². The van der Waals surface area contributed by atoms with Crippen molar-refractivity contribution < 1.29 is 4.79 Å². The van der Waals surface area contributed by atoms with Crippen LogP contribution in [0.1, 0.15) is 10.4 Å². The lowest BCUT2D eigenvalue weighted by atomic mass is 9.95. The van der Waals surface area contributed by atoms with Gasteiger partial charge in [0.25, 0.3) is 5.91 Å². The highest BCUT2D eigenvalue weighted by Crippen LogP contribution is 2.28. The van der Waals surface area contributed by atoms with Gasteiger partial charge in [-0.25, -0.2) is 0 Å². The van der Waals surface area contributed by atoms with Crippen molar-refractivity contribution in [2.75, 3.05) is 7.05 Å². The van der Waals surface area contributed by atoms with Crippen molar-refractivity contribution in [2.45, 2.75) is 0 Å². The van der Waals surface area contributed by atoms with Crippen LogP contribution in [0.4, 0.5) is 0 Å². The summed E-state index contributed by atoms with van der Waals surface area (Å²) in [4.78, 5) is 12.1. The van der Waals surface area contributed by atoms with E-state index in [1.165, 1.54) is 0 Å². The maximum absolute atomic E-state index is 12.1. The lowest BCUT2D eigenvalue weighted by molar-refractivity contribution is 0.0964. The SMILES string of the molecule is CNC(=O)c1cc2ccccc2cc1-c1ccccc1. The standard InChI is InChI=1S/C18H15NO/c1-19-18(20)17-12-15-10-6-5-9-14(15)11-16(17)13-7-3-2-4-8-13/h2-12H,1H3,(H,19,20). The molecule has 0 spiro atoms. The molecule has 2 heteroatoms. The van der Waals surface area contributed by atoms with Gasteiger partial charge in [-0.05, 0) is 34.0 Å². The van der Waals surface area contributed by atoms with E-state index in [9.17, 15) is 4.79 Å². The topological polar surface area (TPSA) is 29.1 Å². The number of nitrogens with one attached hydrogen (secondary N) is 1. The molecule has 0 unspecified atom stereocenters. The van der Waals surface area contributed by atoms with Gasteiger partial charge in [0.05, 0.1) is 0 Å². The molecule has 0 atom stereocenters. The van der Waals surface area contributed by atoms with E-state index in [0.29, 0.717) is 5.56 Å². The fourth-order valence-corrected chi connectivity index (χ4v) is 2.42. The van der Waals surface area contributed by atoms with Crippen molar-refractivity contribution in [3.63, 3.8) is 0 Å². The molecule has 0 saturated heterocycles. The van der Waals surface area contributed by atoms with E-state index in [4.69, 9.17) is 0 Å². The van der Waals surface area contributed by atoms with Gasteiger partial charge in [0, 0.05) is 12.6 Å². The molecule has 20 heavy (non-hydrogen) atoms. The molecule has 0 aliphatic heterocycles. The first kappa shape index (κ1) is 12.4. The highest BCUT2D eigenvalue weighted by molar-refractivity contribution is 6.05. The maximum atomic E-state index is 12.1. The van der Waals surface area contributed by atoms with Crippen LogP contribution in [-0.2, 0) is 0 Å². The van der Waals surface area contributed by atoms with E-state index in [-0.39, 0.29) is 5.91 Å². The molecular formula is C18H15NO. The van der Waals surface area contributed by atoms with Crippen LogP contribution in [0, 0.1) is 0 Å². The number of benzene rings is 3. The third-order valence-electron chi connectivity index (χ3n) is 3.44. The Hall–Kier alpha value is -2.61. The second-order valence-corrected chi connectivity index (χ2v) is 4.69. The van der Waals surface area contributed by atoms with Gasteiger partial charge in [-0.15, -0.1) is 0 Å². The van der Waals surface area contributed by atoms with E-state index in [0.717, 1.165) is 21.9 Å². The summed E-state index contributed by atoms with van der Waals surface area (Å²) >= 11 is 0. The average molecular weight is 261 g/mol. The maximum Gasteiger partial charge on any atom is 0.251 e. The molecule has 3 aromatic carbocycles. The highest BCUT2D eigenvalue weighted by atomic mass is 16.1. The van der Waals surface area contributed by atoms with Crippen LogP contribution in [0.15, 0.2) is 66.7 Å². The van der Waals surface area contributed by atoms with E-state index >= 15 is 0 Å². The summed E-state index contributed by atoms with van der Waals surface area (Å²) in [5.74, 6) is -0.0605. The summed E-state index contributed by atoms with van der Waals surface area (Å²) in [6.45, 7) is 0. The zero-order valence-corrected chi connectivity index (χ0v) is 11.3. The molecular weight excluding hydrogens is 246 g/mol. The molecule has 0 aromatic heterocycles. The van der Waals surface area contributed by atoms with E-state index in [1.54, 1.807) is 7.05 Å². The number of carbonyl (C=O) groups excluding carboxylic acids is 1. The minimum Gasteiger partial charge on any atom is -0.355 e. The Kier molecular flexibility index (Phi) is 3.21. The van der Waals surface area contributed by atoms with Gasteiger partial charge in [0.15, 0.2) is 0 Å². The zero-order valence-electron chi connectivity index (χ0n) is 11.3. The van der Waals surface area contributed by atoms with Crippen LogP contribution in [0.3, 0.4) is 0 Å². The third-order valence-corrected chi connectivity index (χ3v) is 3.44. The van der Waals surface area contributed by atoms with Crippen molar-refractivity contribution in [3.8, 4) is 11.1 Å². The average Bonchev–Trinajstić information content (AvgIpc) is 2.53. The van der Waals surface area contributed by atoms with Gasteiger partial charge in [-0.1, -0.05) is 54.6 Å². The summed E-state index contributed by atoms with van der Waals surface area (Å²) < 4.78 is 0. The monoisotopic (exact) mass is 261 g/mol. The first-order valence-corrected chi connectivity index (χ1v) is 6.60. The number of hydrogen-bond donors (Lipinski definition) is 1. The smallest absolute Gasteiger partial charge is 0.251 e. The van der Waals surface area contributed by atoms with Crippen LogP contribution in [0.5, 0.6) is 0 Å². The second-order valence-electron chi connectivity index (χ2n) is 4.69. The van der Waals surface area contributed by atoms with E-state index < -0.39 is 0 Å².